The van der Waals surface area contributed by atoms with Gasteiger partial charge < -0.3 is 49.0 Å². The van der Waals surface area contributed by atoms with Crippen LogP contribution >= 0.6 is 12.6 Å². The number of carbonyl (C=O) groups excluding carboxylic acids is 4. The Labute approximate surface area is 211 Å². The molecular formula is C19H32N10O6S. The highest BCUT2D eigenvalue weighted by atomic mass is 32.1. The number of amides is 4. The van der Waals surface area contributed by atoms with Gasteiger partial charge in [0.2, 0.25) is 23.6 Å². The summed E-state index contributed by atoms with van der Waals surface area (Å²) < 4.78 is 0. The van der Waals surface area contributed by atoms with Crippen molar-refractivity contribution >= 4 is 48.2 Å². The van der Waals surface area contributed by atoms with Crippen LogP contribution in [0.4, 0.5) is 0 Å². The van der Waals surface area contributed by atoms with Crippen LogP contribution in [0.2, 0.25) is 0 Å². The molecule has 0 saturated carbocycles. The van der Waals surface area contributed by atoms with Crippen molar-refractivity contribution in [2.24, 2.45) is 27.9 Å². The van der Waals surface area contributed by atoms with Crippen LogP contribution in [0.3, 0.4) is 0 Å². The maximum absolute atomic E-state index is 13.0. The number of carbonyl (C=O) groups is 5. The molecule has 4 unspecified atom stereocenters. The summed E-state index contributed by atoms with van der Waals surface area (Å²) in [7, 11) is 0. The molecule has 0 fully saturated rings. The number of guanidine groups is 1. The molecular weight excluding hydrogens is 496 g/mol. The van der Waals surface area contributed by atoms with Crippen LogP contribution in [0.25, 0.3) is 0 Å². The van der Waals surface area contributed by atoms with E-state index in [9.17, 15) is 24.0 Å². The van der Waals surface area contributed by atoms with Crippen molar-refractivity contribution in [2.45, 2.75) is 49.9 Å². The lowest BCUT2D eigenvalue weighted by atomic mass is 10.1. The van der Waals surface area contributed by atoms with Crippen LogP contribution in [-0.4, -0.2) is 87.1 Å². The van der Waals surface area contributed by atoms with E-state index in [1.165, 1.54) is 12.5 Å². The number of aromatic nitrogens is 2. The number of carboxylic acid groups (broad SMARTS) is 1. The zero-order chi connectivity index (χ0) is 27.3. The molecule has 0 aliphatic rings. The average molecular weight is 529 g/mol. The number of aliphatic carboxylic acids is 1. The van der Waals surface area contributed by atoms with Gasteiger partial charge in [0, 0.05) is 30.6 Å². The van der Waals surface area contributed by atoms with E-state index < -0.39 is 60.2 Å². The quantitative estimate of drug-likeness (QED) is 0.0426. The van der Waals surface area contributed by atoms with E-state index in [0.29, 0.717) is 5.69 Å². The minimum Gasteiger partial charge on any atom is -0.480 e. The molecule has 0 bridgehead atoms. The van der Waals surface area contributed by atoms with E-state index in [4.69, 9.17) is 28.0 Å². The van der Waals surface area contributed by atoms with Gasteiger partial charge in [0.05, 0.1) is 18.8 Å². The molecule has 1 aromatic heterocycles. The lowest BCUT2D eigenvalue weighted by Crippen LogP contribution is -2.58. The molecule has 0 saturated heterocycles. The van der Waals surface area contributed by atoms with Gasteiger partial charge in [-0.05, 0) is 12.8 Å². The number of nitrogens with two attached hydrogens (primary N) is 4. The van der Waals surface area contributed by atoms with Crippen LogP contribution in [0.1, 0.15) is 25.0 Å². The summed E-state index contributed by atoms with van der Waals surface area (Å²) in [6.07, 6.45) is 2.72. The molecule has 0 aliphatic carbocycles. The Kier molecular flexibility index (Phi) is 12.7. The summed E-state index contributed by atoms with van der Waals surface area (Å²) in [5.74, 6) is -5.15. The molecule has 0 aliphatic heterocycles. The van der Waals surface area contributed by atoms with Gasteiger partial charge >= 0.3 is 5.97 Å². The highest BCUT2D eigenvalue weighted by molar-refractivity contribution is 7.80. The third-order valence-corrected chi connectivity index (χ3v) is 5.11. The van der Waals surface area contributed by atoms with Crippen LogP contribution in [-0.2, 0) is 30.4 Å². The van der Waals surface area contributed by atoms with Crippen molar-refractivity contribution in [2.75, 3.05) is 12.3 Å². The van der Waals surface area contributed by atoms with Crippen molar-refractivity contribution in [3.63, 3.8) is 0 Å². The van der Waals surface area contributed by atoms with Crippen molar-refractivity contribution in [1.29, 1.82) is 0 Å². The number of rotatable bonds is 16. The van der Waals surface area contributed by atoms with Gasteiger partial charge in [-0.1, -0.05) is 0 Å². The maximum Gasteiger partial charge on any atom is 0.327 e. The lowest BCUT2D eigenvalue weighted by molar-refractivity contribution is -0.141. The van der Waals surface area contributed by atoms with E-state index in [2.05, 4.69) is 43.5 Å². The van der Waals surface area contributed by atoms with Crippen LogP contribution in [0.15, 0.2) is 17.5 Å². The summed E-state index contributed by atoms with van der Waals surface area (Å²) in [6.45, 7) is 0.148. The predicted molar refractivity (Wildman–Crippen MR) is 131 cm³/mol. The van der Waals surface area contributed by atoms with Gasteiger partial charge in [-0.3, -0.25) is 24.2 Å². The van der Waals surface area contributed by atoms with E-state index >= 15 is 0 Å². The SMILES string of the molecule is NC(=O)CC(NC(=O)C(CCCN=C(N)N)NC(=O)C(N)Cc1cnc[nH]1)C(=O)NC(CS)C(=O)O. The number of aromatic amines is 1. The number of nitrogens with one attached hydrogen (secondary N) is 4. The molecule has 0 aromatic carbocycles. The van der Waals surface area contributed by atoms with Gasteiger partial charge in [-0.2, -0.15) is 12.6 Å². The van der Waals surface area contributed by atoms with Gasteiger partial charge in [-0.25, -0.2) is 9.78 Å². The van der Waals surface area contributed by atoms with Gasteiger partial charge in [0.25, 0.3) is 0 Å². The number of thiol groups is 1. The number of hydrogen-bond acceptors (Lipinski definition) is 9. The molecule has 16 nitrogen and oxygen atoms in total. The number of nitrogens with zero attached hydrogens (tertiary/aromatic N) is 2. The summed E-state index contributed by atoms with van der Waals surface area (Å²) in [5, 5.41) is 16.1. The number of hydrogen-bond donors (Lipinski definition) is 10. The Bertz CT molecular complexity index is 937. The third kappa shape index (κ3) is 11.0. The van der Waals surface area contributed by atoms with Crippen molar-refractivity contribution in [3.8, 4) is 0 Å². The highest BCUT2D eigenvalue weighted by Crippen LogP contribution is 2.04. The van der Waals surface area contributed by atoms with Crippen LogP contribution in [0, 0.1) is 0 Å². The van der Waals surface area contributed by atoms with E-state index in [1.54, 1.807) is 0 Å². The molecule has 36 heavy (non-hydrogen) atoms. The van der Waals surface area contributed by atoms with Crippen molar-refractivity contribution < 1.29 is 29.1 Å². The Morgan fingerprint density at radius 3 is 2.17 bits per heavy atom. The summed E-state index contributed by atoms with van der Waals surface area (Å²) in [5.41, 5.74) is 22.3. The first-order valence-corrected chi connectivity index (χ1v) is 11.4. The molecule has 0 spiro atoms. The Balaban J connectivity index is 2.98. The first kappa shape index (κ1) is 30.2. The van der Waals surface area contributed by atoms with Gasteiger partial charge in [-0.15, -0.1) is 0 Å². The fourth-order valence-corrected chi connectivity index (χ4v) is 3.17. The smallest absolute Gasteiger partial charge is 0.327 e. The average Bonchev–Trinajstić information content (AvgIpc) is 3.30. The second-order valence-electron chi connectivity index (χ2n) is 7.71. The van der Waals surface area contributed by atoms with E-state index in [-0.39, 0.29) is 37.5 Å². The molecule has 13 N–H and O–H groups in total. The number of carboxylic acids is 1. The maximum atomic E-state index is 13.0. The topological polar surface area (TPSA) is 287 Å². The second-order valence-corrected chi connectivity index (χ2v) is 8.08. The standard InChI is InChI=1S/C19H32N10O6S/c20-10(4-9-6-24-8-26-9)15(31)27-11(2-1-3-25-19(22)23)16(32)28-12(5-14(21)30)17(33)29-13(7-36)18(34)35/h6,8,10-13,36H,1-5,7,20H2,(H2,21,30)(H,24,26)(H,27,31)(H,28,32)(H,29,33)(H,34,35)(H4,22,23,25). The zero-order valence-electron chi connectivity index (χ0n) is 19.3. The normalized spacial score (nSPS) is 13.9. The number of primary amides is 1. The predicted octanol–water partition coefficient (Wildman–Crippen LogP) is -4.32. The Morgan fingerprint density at radius 1 is 1.03 bits per heavy atom. The Morgan fingerprint density at radius 2 is 1.64 bits per heavy atom. The second kappa shape index (κ2) is 15.2. The highest BCUT2D eigenvalue weighted by Gasteiger charge is 2.31. The molecule has 4 amide bonds. The summed E-state index contributed by atoms with van der Waals surface area (Å²) >= 11 is 3.85. The molecule has 200 valence electrons. The third-order valence-electron chi connectivity index (χ3n) is 4.75. The van der Waals surface area contributed by atoms with Crippen molar-refractivity contribution in [1.82, 2.24) is 25.9 Å². The lowest BCUT2D eigenvalue weighted by Gasteiger charge is -2.24. The van der Waals surface area contributed by atoms with Gasteiger partial charge in [0.15, 0.2) is 5.96 Å². The molecule has 1 heterocycles. The molecule has 17 heteroatoms. The Hall–Kier alpha value is -3.86. The monoisotopic (exact) mass is 528 g/mol. The molecule has 1 aromatic rings. The minimum absolute atomic E-state index is 0.0461. The largest absolute Gasteiger partial charge is 0.480 e. The molecule has 4 atom stereocenters. The van der Waals surface area contributed by atoms with E-state index in [1.807, 2.05) is 0 Å². The van der Waals surface area contributed by atoms with E-state index in [0.717, 1.165) is 0 Å². The first-order chi connectivity index (χ1) is 16.9. The number of imidazole rings is 1. The van der Waals surface area contributed by atoms with Crippen LogP contribution in [0.5, 0.6) is 0 Å². The fourth-order valence-electron chi connectivity index (χ4n) is 2.92. The minimum atomic E-state index is -1.51. The zero-order valence-corrected chi connectivity index (χ0v) is 20.2. The summed E-state index contributed by atoms with van der Waals surface area (Å²) in [6, 6.07) is -5.10. The van der Waals surface area contributed by atoms with Crippen molar-refractivity contribution in [3.05, 3.63) is 18.2 Å². The molecule has 0 radical (unpaired) electrons. The fraction of sp³-hybridized carbons (Fsp3) is 0.526. The number of aliphatic imine (C=N–C) groups is 1. The summed E-state index contributed by atoms with van der Waals surface area (Å²) in [4.78, 5) is 71.3. The first-order valence-electron chi connectivity index (χ1n) is 10.8. The number of H-pyrrole nitrogens is 1. The molecule has 1 rings (SSSR count). The van der Waals surface area contributed by atoms with Crippen LogP contribution < -0.4 is 38.9 Å². The van der Waals surface area contributed by atoms with Gasteiger partial charge in [0.1, 0.15) is 18.1 Å².